The van der Waals surface area contributed by atoms with Crippen molar-refractivity contribution >= 4 is 11.7 Å². The number of anilines is 1. The third-order valence-corrected chi connectivity index (χ3v) is 2.71. The molecule has 0 aliphatic carbocycles. The molecule has 100 valence electrons. The van der Waals surface area contributed by atoms with Gasteiger partial charge in [0, 0.05) is 12.6 Å². The van der Waals surface area contributed by atoms with E-state index >= 15 is 0 Å². The van der Waals surface area contributed by atoms with Crippen LogP contribution in [0.4, 0.5) is 5.82 Å². The molecule has 0 saturated heterocycles. The van der Waals surface area contributed by atoms with Gasteiger partial charge in [0.05, 0.1) is 12.4 Å². The van der Waals surface area contributed by atoms with Gasteiger partial charge in [-0.05, 0) is 20.0 Å². The number of hydrogen-bond donors (Lipinski definition) is 2. The summed E-state index contributed by atoms with van der Waals surface area (Å²) in [6.45, 7) is 8.94. The van der Waals surface area contributed by atoms with Gasteiger partial charge < -0.3 is 16.0 Å². The molecule has 1 amide bonds. The third kappa shape index (κ3) is 4.29. The van der Waals surface area contributed by atoms with Crippen LogP contribution in [0, 0.1) is 0 Å². The Labute approximate surface area is 108 Å². The molecule has 6 heteroatoms. The first-order chi connectivity index (χ1) is 8.56. The molecule has 3 N–H and O–H groups in total. The fraction of sp³-hybridized carbons (Fsp3) is 0.583. The highest BCUT2D eigenvalue weighted by Gasteiger charge is 2.13. The minimum Gasteiger partial charge on any atom is -0.382 e. The van der Waals surface area contributed by atoms with Gasteiger partial charge in [-0.3, -0.25) is 4.79 Å². The Morgan fingerprint density at radius 2 is 2.06 bits per heavy atom. The zero-order valence-electron chi connectivity index (χ0n) is 11.2. The Hall–Kier alpha value is -1.69. The number of rotatable bonds is 6. The second-order valence-corrected chi connectivity index (χ2v) is 4.19. The number of aromatic nitrogens is 2. The molecular weight excluding hydrogens is 230 g/mol. The highest BCUT2D eigenvalue weighted by molar-refractivity contribution is 5.92. The molecular formula is C12H21N5O. The molecule has 1 rings (SSSR count). The van der Waals surface area contributed by atoms with E-state index in [1.807, 2.05) is 6.92 Å². The maximum Gasteiger partial charge on any atom is 0.271 e. The van der Waals surface area contributed by atoms with Crippen molar-refractivity contribution in [1.29, 1.82) is 0 Å². The average molecular weight is 251 g/mol. The minimum atomic E-state index is -0.220. The lowest BCUT2D eigenvalue weighted by Crippen LogP contribution is -2.42. The van der Waals surface area contributed by atoms with Crippen molar-refractivity contribution in [2.24, 2.45) is 0 Å². The van der Waals surface area contributed by atoms with Crippen molar-refractivity contribution in [1.82, 2.24) is 20.2 Å². The lowest BCUT2D eigenvalue weighted by molar-refractivity contribution is 0.0925. The van der Waals surface area contributed by atoms with Gasteiger partial charge in [-0.2, -0.15) is 0 Å². The highest BCUT2D eigenvalue weighted by Crippen LogP contribution is 1.98. The molecule has 0 aliphatic rings. The summed E-state index contributed by atoms with van der Waals surface area (Å²) in [5, 5.41) is 2.89. The Balaban J connectivity index is 2.51. The van der Waals surface area contributed by atoms with Crippen molar-refractivity contribution in [3.05, 3.63) is 18.1 Å². The minimum absolute atomic E-state index is 0.0664. The van der Waals surface area contributed by atoms with E-state index in [1.165, 1.54) is 12.4 Å². The monoisotopic (exact) mass is 251 g/mol. The molecule has 0 aromatic carbocycles. The highest BCUT2D eigenvalue weighted by atomic mass is 16.1. The van der Waals surface area contributed by atoms with Crippen LogP contribution in [0.15, 0.2) is 12.4 Å². The molecule has 0 saturated carbocycles. The van der Waals surface area contributed by atoms with Crippen molar-refractivity contribution in [3.8, 4) is 0 Å². The summed E-state index contributed by atoms with van der Waals surface area (Å²) in [4.78, 5) is 21.9. The zero-order valence-corrected chi connectivity index (χ0v) is 11.2. The van der Waals surface area contributed by atoms with Crippen LogP contribution in [0.3, 0.4) is 0 Å². The summed E-state index contributed by atoms with van der Waals surface area (Å²) in [5.41, 5.74) is 5.71. The van der Waals surface area contributed by atoms with Gasteiger partial charge >= 0.3 is 0 Å². The predicted molar refractivity (Wildman–Crippen MR) is 71.2 cm³/mol. The van der Waals surface area contributed by atoms with E-state index in [1.54, 1.807) is 0 Å². The molecule has 0 bridgehead atoms. The number of nitrogens with zero attached hydrogens (tertiary/aromatic N) is 3. The SMILES string of the molecule is CCN(CC)CC(C)NC(=O)c1cnc(N)cn1. The predicted octanol–water partition coefficient (Wildman–Crippen LogP) is 0.519. The molecule has 1 aromatic rings. The number of carbonyl (C=O) groups is 1. The number of hydrogen-bond acceptors (Lipinski definition) is 5. The second-order valence-electron chi connectivity index (χ2n) is 4.19. The van der Waals surface area contributed by atoms with Gasteiger partial charge in [-0.15, -0.1) is 0 Å². The quantitative estimate of drug-likeness (QED) is 0.770. The topological polar surface area (TPSA) is 84.1 Å². The van der Waals surface area contributed by atoms with Gasteiger partial charge in [0.25, 0.3) is 5.91 Å². The number of likely N-dealkylation sites (N-methyl/N-ethyl adjacent to an activating group) is 1. The first-order valence-corrected chi connectivity index (χ1v) is 6.17. The maximum atomic E-state index is 11.9. The average Bonchev–Trinajstić information content (AvgIpc) is 2.36. The van der Waals surface area contributed by atoms with Gasteiger partial charge in [-0.25, -0.2) is 9.97 Å². The summed E-state index contributed by atoms with van der Waals surface area (Å²) in [6.07, 6.45) is 2.76. The summed E-state index contributed by atoms with van der Waals surface area (Å²) in [5.74, 6) is 0.0879. The Morgan fingerprint density at radius 3 is 2.56 bits per heavy atom. The summed E-state index contributed by atoms with van der Waals surface area (Å²) >= 11 is 0. The van der Waals surface area contributed by atoms with E-state index in [-0.39, 0.29) is 17.6 Å². The van der Waals surface area contributed by atoms with Crippen LogP contribution in [0.25, 0.3) is 0 Å². The van der Waals surface area contributed by atoms with Crippen molar-refractivity contribution in [2.45, 2.75) is 26.8 Å². The molecule has 1 heterocycles. The van der Waals surface area contributed by atoms with Crippen LogP contribution < -0.4 is 11.1 Å². The van der Waals surface area contributed by atoms with Gasteiger partial charge in [0.2, 0.25) is 0 Å². The molecule has 1 unspecified atom stereocenters. The summed E-state index contributed by atoms with van der Waals surface area (Å²) in [6, 6.07) is 0.0664. The van der Waals surface area contributed by atoms with Gasteiger partial charge in [-0.1, -0.05) is 13.8 Å². The van der Waals surface area contributed by atoms with E-state index in [4.69, 9.17) is 5.73 Å². The van der Waals surface area contributed by atoms with Crippen LogP contribution in [0.2, 0.25) is 0 Å². The van der Waals surface area contributed by atoms with Crippen LogP contribution in [0.5, 0.6) is 0 Å². The Bertz CT molecular complexity index is 375. The lowest BCUT2D eigenvalue weighted by Gasteiger charge is -2.23. The van der Waals surface area contributed by atoms with Crippen LogP contribution >= 0.6 is 0 Å². The largest absolute Gasteiger partial charge is 0.382 e. The lowest BCUT2D eigenvalue weighted by atomic mass is 10.3. The van der Waals surface area contributed by atoms with Crippen molar-refractivity contribution in [2.75, 3.05) is 25.4 Å². The van der Waals surface area contributed by atoms with Crippen LogP contribution in [-0.2, 0) is 0 Å². The van der Waals surface area contributed by atoms with Crippen molar-refractivity contribution in [3.63, 3.8) is 0 Å². The fourth-order valence-corrected chi connectivity index (χ4v) is 1.67. The molecule has 1 atom stereocenters. The van der Waals surface area contributed by atoms with E-state index in [0.29, 0.717) is 5.82 Å². The molecule has 0 spiro atoms. The number of amides is 1. The number of nitrogens with two attached hydrogens (primary N) is 1. The Morgan fingerprint density at radius 1 is 1.39 bits per heavy atom. The smallest absolute Gasteiger partial charge is 0.271 e. The fourth-order valence-electron chi connectivity index (χ4n) is 1.67. The first-order valence-electron chi connectivity index (χ1n) is 6.17. The summed E-state index contributed by atoms with van der Waals surface area (Å²) in [7, 11) is 0. The first kappa shape index (κ1) is 14.4. The molecule has 0 fully saturated rings. The summed E-state index contributed by atoms with van der Waals surface area (Å²) < 4.78 is 0. The normalized spacial score (nSPS) is 12.4. The second kappa shape index (κ2) is 6.90. The number of nitrogens with one attached hydrogen (secondary N) is 1. The van der Waals surface area contributed by atoms with E-state index < -0.39 is 0 Å². The van der Waals surface area contributed by atoms with E-state index in [9.17, 15) is 4.79 Å². The molecule has 1 aromatic heterocycles. The third-order valence-electron chi connectivity index (χ3n) is 2.71. The van der Waals surface area contributed by atoms with Gasteiger partial charge in [0.15, 0.2) is 0 Å². The zero-order chi connectivity index (χ0) is 13.5. The van der Waals surface area contributed by atoms with Crippen LogP contribution in [-0.4, -0.2) is 46.5 Å². The van der Waals surface area contributed by atoms with Crippen molar-refractivity contribution < 1.29 is 4.79 Å². The number of nitrogen functional groups attached to an aromatic ring is 1. The van der Waals surface area contributed by atoms with Crippen LogP contribution in [0.1, 0.15) is 31.3 Å². The van der Waals surface area contributed by atoms with E-state index in [2.05, 4.69) is 34.0 Å². The molecule has 6 nitrogen and oxygen atoms in total. The standard InChI is InChI=1S/C12H21N5O/c1-4-17(5-2)8-9(3)16-12(18)10-6-15-11(13)7-14-10/h6-7,9H,4-5,8H2,1-3H3,(H2,13,15)(H,16,18). The molecule has 0 aliphatic heterocycles. The van der Waals surface area contributed by atoms with Gasteiger partial charge in [0.1, 0.15) is 11.5 Å². The number of carbonyl (C=O) groups excluding carboxylic acids is 1. The Kier molecular flexibility index (Phi) is 5.51. The molecule has 18 heavy (non-hydrogen) atoms. The molecule has 0 radical (unpaired) electrons. The van der Waals surface area contributed by atoms with E-state index in [0.717, 1.165) is 19.6 Å². The maximum absolute atomic E-state index is 11.9.